The molecule has 2 aliphatic rings. The average molecular weight is 392 g/mol. The number of ether oxygens (including phenoxy) is 1. The summed E-state index contributed by atoms with van der Waals surface area (Å²) in [5, 5.41) is 4.80. The van der Waals surface area contributed by atoms with Gasteiger partial charge in [-0.3, -0.25) is 14.9 Å². The molecule has 2 N–H and O–H groups in total. The van der Waals surface area contributed by atoms with E-state index in [1.54, 1.807) is 24.8 Å². The quantitative estimate of drug-likeness (QED) is 0.733. The number of carbonyl (C=O) groups is 3. The zero-order valence-electron chi connectivity index (χ0n) is 16.3. The van der Waals surface area contributed by atoms with Gasteiger partial charge in [0.05, 0.1) is 7.11 Å². The van der Waals surface area contributed by atoms with Gasteiger partial charge in [-0.25, -0.2) is 9.18 Å². The number of piperazine rings is 1. The van der Waals surface area contributed by atoms with Crippen molar-refractivity contribution in [1.82, 2.24) is 15.5 Å². The number of hydrogen-bond donors (Lipinski definition) is 2. The van der Waals surface area contributed by atoms with E-state index in [-0.39, 0.29) is 18.1 Å². The maximum Gasteiger partial charge on any atom is 0.322 e. The van der Waals surface area contributed by atoms with Gasteiger partial charge in [0.25, 0.3) is 5.91 Å². The number of benzene rings is 1. The van der Waals surface area contributed by atoms with Crippen molar-refractivity contribution >= 4 is 23.5 Å². The molecule has 0 radical (unpaired) electrons. The molecule has 0 saturated carbocycles. The first-order chi connectivity index (χ1) is 13.2. The van der Waals surface area contributed by atoms with E-state index in [0.29, 0.717) is 31.9 Å². The van der Waals surface area contributed by atoms with Gasteiger partial charge in [-0.1, -0.05) is 6.92 Å². The number of methoxy groups -OCH3 is 1. The summed E-state index contributed by atoms with van der Waals surface area (Å²) in [6, 6.07) is 4.01. The monoisotopic (exact) mass is 392 g/mol. The van der Waals surface area contributed by atoms with E-state index in [0.717, 1.165) is 5.69 Å². The van der Waals surface area contributed by atoms with Gasteiger partial charge in [0.2, 0.25) is 5.91 Å². The minimum absolute atomic E-state index is 0.0633. The predicted molar refractivity (Wildman–Crippen MR) is 101 cm³/mol. The first kappa shape index (κ1) is 19.9. The summed E-state index contributed by atoms with van der Waals surface area (Å²) in [4.78, 5) is 39.9. The van der Waals surface area contributed by atoms with Crippen LogP contribution in [-0.4, -0.2) is 61.6 Å². The molecule has 152 valence electrons. The summed E-state index contributed by atoms with van der Waals surface area (Å²) in [6.45, 7) is 5.51. The Kier molecular flexibility index (Phi) is 5.44. The van der Waals surface area contributed by atoms with Crippen LogP contribution in [0.3, 0.4) is 0 Å². The molecule has 2 aliphatic heterocycles. The number of imide groups is 1. The standard InChI is InChI=1S/C19H25FN4O4/c1-12(11-19(2)17(26)21-18(27)22-19)16(25)24-6-4-23(5-7-24)14-8-13(20)9-15(10-14)28-3/h8-10,12H,4-7,11H2,1-3H3,(H2,21,22,26,27)/t12?,19-/m1/s1. The van der Waals surface area contributed by atoms with Crippen LogP contribution >= 0.6 is 0 Å². The molecule has 1 unspecified atom stereocenters. The van der Waals surface area contributed by atoms with Crippen LogP contribution < -0.4 is 20.3 Å². The predicted octanol–water partition coefficient (Wildman–Crippen LogP) is 1.11. The molecule has 3 rings (SSSR count). The molecule has 2 fully saturated rings. The Balaban J connectivity index is 1.58. The van der Waals surface area contributed by atoms with Gasteiger partial charge >= 0.3 is 6.03 Å². The van der Waals surface area contributed by atoms with Crippen molar-refractivity contribution in [3.05, 3.63) is 24.0 Å². The molecule has 1 aromatic rings. The largest absolute Gasteiger partial charge is 0.497 e. The van der Waals surface area contributed by atoms with Gasteiger partial charge < -0.3 is 19.9 Å². The minimum Gasteiger partial charge on any atom is -0.497 e. The van der Waals surface area contributed by atoms with Gasteiger partial charge in [0.1, 0.15) is 17.1 Å². The molecule has 0 bridgehead atoms. The summed E-state index contributed by atoms with van der Waals surface area (Å²) in [6.07, 6.45) is 0.227. The molecule has 0 spiro atoms. The van der Waals surface area contributed by atoms with E-state index < -0.39 is 23.4 Å². The normalized spacial score (nSPS) is 23.3. The van der Waals surface area contributed by atoms with Crippen LogP contribution in [0.2, 0.25) is 0 Å². The van der Waals surface area contributed by atoms with Crippen molar-refractivity contribution in [2.24, 2.45) is 5.92 Å². The molecule has 4 amide bonds. The van der Waals surface area contributed by atoms with Gasteiger partial charge in [0, 0.05) is 49.9 Å². The van der Waals surface area contributed by atoms with Crippen molar-refractivity contribution in [2.45, 2.75) is 25.8 Å². The van der Waals surface area contributed by atoms with Gasteiger partial charge in [-0.2, -0.15) is 0 Å². The molecular weight excluding hydrogens is 367 g/mol. The minimum atomic E-state index is -1.08. The van der Waals surface area contributed by atoms with Crippen LogP contribution in [0.4, 0.5) is 14.9 Å². The summed E-state index contributed by atoms with van der Waals surface area (Å²) in [7, 11) is 1.49. The fourth-order valence-corrected chi connectivity index (χ4v) is 3.77. The lowest BCUT2D eigenvalue weighted by Gasteiger charge is -2.38. The van der Waals surface area contributed by atoms with E-state index >= 15 is 0 Å². The highest BCUT2D eigenvalue weighted by molar-refractivity contribution is 6.07. The number of urea groups is 1. The van der Waals surface area contributed by atoms with Gasteiger partial charge in [-0.15, -0.1) is 0 Å². The third kappa shape index (κ3) is 4.02. The molecule has 1 aromatic carbocycles. The van der Waals surface area contributed by atoms with Crippen LogP contribution in [0.15, 0.2) is 18.2 Å². The molecule has 2 atom stereocenters. The first-order valence-electron chi connectivity index (χ1n) is 9.24. The van der Waals surface area contributed by atoms with Crippen molar-refractivity contribution in [3.63, 3.8) is 0 Å². The van der Waals surface area contributed by atoms with Crippen molar-refractivity contribution < 1.29 is 23.5 Å². The van der Waals surface area contributed by atoms with E-state index in [9.17, 15) is 18.8 Å². The number of amides is 4. The second-order valence-electron chi connectivity index (χ2n) is 7.51. The SMILES string of the molecule is COc1cc(F)cc(N2CCN(C(=O)C(C)C[C@@]3(C)NC(=O)NC3=O)CC2)c1. The second kappa shape index (κ2) is 7.65. The summed E-state index contributed by atoms with van der Waals surface area (Å²) >= 11 is 0. The summed E-state index contributed by atoms with van der Waals surface area (Å²) in [5.41, 5.74) is -0.360. The van der Waals surface area contributed by atoms with Gasteiger partial charge in [0.15, 0.2) is 0 Å². The van der Waals surface area contributed by atoms with Crippen LogP contribution in [-0.2, 0) is 9.59 Å². The first-order valence-corrected chi connectivity index (χ1v) is 9.24. The number of anilines is 1. The van der Waals surface area contributed by atoms with Crippen LogP contribution in [0.5, 0.6) is 5.75 Å². The second-order valence-corrected chi connectivity index (χ2v) is 7.51. The Labute approximate surface area is 163 Å². The van der Waals surface area contributed by atoms with Crippen molar-refractivity contribution in [1.29, 1.82) is 0 Å². The van der Waals surface area contributed by atoms with E-state index in [1.165, 1.54) is 19.2 Å². The highest BCUT2D eigenvalue weighted by Gasteiger charge is 2.44. The molecular formula is C19H25FN4O4. The number of halogens is 1. The number of carbonyl (C=O) groups excluding carboxylic acids is 3. The summed E-state index contributed by atoms with van der Waals surface area (Å²) in [5.74, 6) is -0.817. The fourth-order valence-electron chi connectivity index (χ4n) is 3.77. The van der Waals surface area contributed by atoms with Crippen LogP contribution in [0.25, 0.3) is 0 Å². The van der Waals surface area contributed by atoms with E-state index in [2.05, 4.69) is 10.6 Å². The molecule has 9 heteroatoms. The number of nitrogens with one attached hydrogen (secondary N) is 2. The number of hydrogen-bond acceptors (Lipinski definition) is 5. The molecule has 0 aliphatic carbocycles. The third-order valence-electron chi connectivity index (χ3n) is 5.30. The van der Waals surface area contributed by atoms with Gasteiger partial charge in [-0.05, 0) is 19.4 Å². The molecule has 2 saturated heterocycles. The number of nitrogens with zero attached hydrogens (tertiary/aromatic N) is 2. The lowest BCUT2D eigenvalue weighted by molar-refractivity contribution is -0.136. The highest BCUT2D eigenvalue weighted by Crippen LogP contribution is 2.26. The maximum absolute atomic E-state index is 13.7. The van der Waals surface area contributed by atoms with E-state index in [4.69, 9.17) is 4.74 Å². The molecule has 28 heavy (non-hydrogen) atoms. The highest BCUT2D eigenvalue weighted by atomic mass is 19.1. The van der Waals surface area contributed by atoms with Crippen LogP contribution in [0.1, 0.15) is 20.3 Å². The molecule has 0 aromatic heterocycles. The van der Waals surface area contributed by atoms with Crippen LogP contribution in [0, 0.1) is 11.7 Å². The zero-order chi connectivity index (χ0) is 20.5. The summed E-state index contributed by atoms with van der Waals surface area (Å²) < 4.78 is 18.8. The Morgan fingerprint density at radius 1 is 1.25 bits per heavy atom. The number of rotatable bonds is 5. The fraction of sp³-hybridized carbons (Fsp3) is 0.526. The lowest BCUT2D eigenvalue weighted by atomic mass is 9.89. The van der Waals surface area contributed by atoms with Crippen molar-refractivity contribution in [3.8, 4) is 5.75 Å². The molecule has 8 nitrogen and oxygen atoms in total. The third-order valence-corrected chi connectivity index (χ3v) is 5.30. The topological polar surface area (TPSA) is 91.0 Å². The zero-order valence-corrected chi connectivity index (χ0v) is 16.3. The molecule has 2 heterocycles. The lowest BCUT2D eigenvalue weighted by Crippen LogP contribution is -2.52. The van der Waals surface area contributed by atoms with E-state index in [1.807, 2.05) is 4.90 Å². The average Bonchev–Trinajstić information content (AvgIpc) is 2.91. The Morgan fingerprint density at radius 3 is 2.50 bits per heavy atom. The Morgan fingerprint density at radius 2 is 1.93 bits per heavy atom. The maximum atomic E-state index is 13.7. The Bertz CT molecular complexity index is 794. The smallest absolute Gasteiger partial charge is 0.322 e. The Hall–Kier alpha value is -2.84. The van der Waals surface area contributed by atoms with Crippen molar-refractivity contribution in [2.75, 3.05) is 38.2 Å².